The largest absolute Gasteiger partial charge is 0.492 e. The maximum atomic E-state index is 13.4. The zero-order valence-electron chi connectivity index (χ0n) is 17.4. The van der Waals surface area contributed by atoms with Crippen LogP contribution in [0.2, 0.25) is 0 Å². The number of hydrogen-bond donors (Lipinski definition) is 0. The molecule has 0 radical (unpaired) electrons. The van der Waals surface area contributed by atoms with Crippen LogP contribution in [0.25, 0.3) is 0 Å². The number of unbranched alkanes of at least 4 members (excludes halogenated alkanes) is 5. The minimum atomic E-state index is 0.0931. The summed E-state index contributed by atoms with van der Waals surface area (Å²) in [4.78, 5) is 15.4. The molecular formula is C25H33NO2. The van der Waals surface area contributed by atoms with E-state index in [-0.39, 0.29) is 5.91 Å². The molecule has 150 valence electrons. The number of benzene rings is 2. The molecule has 0 bridgehead atoms. The first-order valence-electron chi connectivity index (χ1n) is 10.8. The van der Waals surface area contributed by atoms with Crippen LogP contribution in [0.15, 0.2) is 42.5 Å². The molecule has 0 aliphatic carbocycles. The maximum absolute atomic E-state index is 13.4. The quantitative estimate of drug-likeness (QED) is 0.479. The Hall–Kier alpha value is -2.29. The van der Waals surface area contributed by atoms with Crippen molar-refractivity contribution < 1.29 is 9.53 Å². The minimum absolute atomic E-state index is 0.0931. The summed E-state index contributed by atoms with van der Waals surface area (Å²) < 4.78 is 5.80. The Morgan fingerprint density at radius 1 is 1.00 bits per heavy atom. The number of carbonyl (C=O) groups is 1. The van der Waals surface area contributed by atoms with Crippen LogP contribution >= 0.6 is 0 Å². The molecule has 2 aromatic rings. The molecule has 28 heavy (non-hydrogen) atoms. The van der Waals surface area contributed by atoms with Gasteiger partial charge in [-0.2, -0.15) is 0 Å². The van der Waals surface area contributed by atoms with Gasteiger partial charge in [0.15, 0.2) is 0 Å². The molecule has 0 unspecified atom stereocenters. The number of para-hydroxylation sites is 1. The van der Waals surface area contributed by atoms with Gasteiger partial charge in [-0.15, -0.1) is 0 Å². The zero-order valence-corrected chi connectivity index (χ0v) is 17.4. The van der Waals surface area contributed by atoms with Crippen molar-refractivity contribution in [1.29, 1.82) is 0 Å². The number of carbonyl (C=O) groups excluding carboxylic acids is 1. The average molecular weight is 380 g/mol. The molecule has 0 N–H and O–H groups in total. The van der Waals surface area contributed by atoms with Gasteiger partial charge >= 0.3 is 0 Å². The van der Waals surface area contributed by atoms with Gasteiger partial charge in [-0.3, -0.25) is 4.79 Å². The molecule has 0 saturated heterocycles. The summed E-state index contributed by atoms with van der Waals surface area (Å²) in [6, 6.07) is 14.3. The zero-order chi connectivity index (χ0) is 19.8. The first kappa shape index (κ1) is 20.4. The molecule has 1 aliphatic heterocycles. The second-order valence-electron chi connectivity index (χ2n) is 7.81. The van der Waals surface area contributed by atoms with E-state index < -0.39 is 0 Å². The molecular weight excluding hydrogens is 346 g/mol. The third-order valence-corrected chi connectivity index (χ3v) is 5.64. The lowest BCUT2D eigenvalue weighted by Gasteiger charge is -2.24. The molecule has 0 atom stereocenters. The number of rotatable bonds is 10. The molecule has 1 heterocycles. The topological polar surface area (TPSA) is 29.5 Å². The van der Waals surface area contributed by atoms with E-state index in [1.54, 1.807) is 0 Å². The van der Waals surface area contributed by atoms with E-state index in [0.717, 1.165) is 36.3 Å². The van der Waals surface area contributed by atoms with E-state index in [1.807, 2.05) is 17.0 Å². The lowest BCUT2D eigenvalue weighted by molar-refractivity contribution is 0.0736. The molecule has 3 rings (SSSR count). The fourth-order valence-electron chi connectivity index (χ4n) is 3.88. The fourth-order valence-corrected chi connectivity index (χ4v) is 3.88. The van der Waals surface area contributed by atoms with Gasteiger partial charge in [0, 0.05) is 19.5 Å². The van der Waals surface area contributed by atoms with E-state index in [1.165, 1.54) is 43.2 Å². The lowest BCUT2D eigenvalue weighted by Crippen LogP contribution is -2.32. The summed E-state index contributed by atoms with van der Waals surface area (Å²) in [7, 11) is 0. The van der Waals surface area contributed by atoms with Gasteiger partial charge in [-0.25, -0.2) is 0 Å². The number of ether oxygens (including phenoxy) is 1. The smallest absolute Gasteiger partial charge is 0.257 e. The first-order chi connectivity index (χ1) is 13.7. The summed E-state index contributed by atoms with van der Waals surface area (Å²) in [5.41, 5.74) is 4.32. The van der Waals surface area contributed by atoms with Crippen LogP contribution in [0.4, 0.5) is 0 Å². The molecule has 1 aliphatic rings. The van der Waals surface area contributed by atoms with Crippen LogP contribution in [-0.4, -0.2) is 24.0 Å². The van der Waals surface area contributed by atoms with Crippen LogP contribution < -0.4 is 4.74 Å². The van der Waals surface area contributed by atoms with Gasteiger partial charge in [0.25, 0.3) is 5.91 Å². The summed E-state index contributed by atoms with van der Waals surface area (Å²) in [5, 5.41) is 0. The Kier molecular flexibility index (Phi) is 7.53. The molecule has 0 aromatic heterocycles. The molecule has 2 aromatic carbocycles. The predicted molar refractivity (Wildman–Crippen MR) is 115 cm³/mol. The van der Waals surface area contributed by atoms with Crippen molar-refractivity contribution in [3.05, 3.63) is 64.7 Å². The van der Waals surface area contributed by atoms with Crippen molar-refractivity contribution in [2.24, 2.45) is 0 Å². The Labute approximate surface area is 169 Å². The Bertz CT molecular complexity index is 784. The second-order valence-corrected chi connectivity index (χ2v) is 7.81. The van der Waals surface area contributed by atoms with Gasteiger partial charge in [0.1, 0.15) is 5.75 Å². The highest BCUT2D eigenvalue weighted by Gasteiger charge is 2.24. The molecule has 3 nitrogen and oxygen atoms in total. The molecule has 1 amide bonds. The van der Waals surface area contributed by atoms with Crippen LogP contribution in [0.5, 0.6) is 5.75 Å². The van der Waals surface area contributed by atoms with Gasteiger partial charge < -0.3 is 9.64 Å². The third-order valence-electron chi connectivity index (χ3n) is 5.64. The normalized spacial score (nSPS) is 12.5. The molecule has 0 fully saturated rings. The Morgan fingerprint density at radius 3 is 2.61 bits per heavy atom. The fraction of sp³-hybridized carbons (Fsp3) is 0.480. The van der Waals surface area contributed by atoms with E-state index in [4.69, 9.17) is 4.74 Å². The maximum Gasteiger partial charge on any atom is 0.257 e. The first-order valence-corrected chi connectivity index (χ1v) is 10.8. The van der Waals surface area contributed by atoms with E-state index in [2.05, 4.69) is 44.2 Å². The van der Waals surface area contributed by atoms with Gasteiger partial charge in [0.2, 0.25) is 0 Å². The van der Waals surface area contributed by atoms with Crippen molar-refractivity contribution >= 4 is 5.91 Å². The number of fused-ring (bicyclic) bond motifs is 1. The third kappa shape index (κ3) is 5.15. The Morgan fingerprint density at radius 2 is 1.79 bits per heavy atom. The second kappa shape index (κ2) is 10.3. The highest BCUT2D eigenvalue weighted by Crippen LogP contribution is 2.31. The highest BCUT2D eigenvalue weighted by atomic mass is 16.5. The van der Waals surface area contributed by atoms with Crippen molar-refractivity contribution in [1.82, 2.24) is 4.90 Å². The van der Waals surface area contributed by atoms with Crippen LogP contribution in [0, 0.1) is 6.92 Å². The van der Waals surface area contributed by atoms with E-state index in [0.29, 0.717) is 13.2 Å². The van der Waals surface area contributed by atoms with Gasteiger partial charge in [-0.05, 0) is 36.1 Å². The number of amides is 1. The average Bonchev–Trinajstić information content (AvgIpc) is 3.19. The van der Waals surface area contributed by atoms with E-state index in [9.17, 15) is 4.79 Å². The van der Waals surface area contributed by atoms with Gasteiger partial charge in [0.05, 0.1) is 12.2 Å². The van der Waals surface area contributed by atoms with Gasteiger partial charge in [-0.1, -0.05) is 75.4 Å². The number of hydrogen-bond acceptors (Lipinski definition) is 2. The lowest BCUT2D eigenvalue weighted by atomic mass is 10.0. The summed E-state index contributed by atoms with van der Waals surface area (Å²) in [6.07, 6.45) is 8.24. The van der Waals surface area contributed by atoms with Crippen molar-refractivity contribution in [2.75, 3.05) is 13.2 Å². The number of nitrogens with zero attached hydrogens (tertiary/aromatic N) is 1. The molecule has 0 saturated carbocycles. The molecule has 3 heteroatoms. The van der Waals surface area contributed by atoms with Crippen LogP contribution in [0.3, 0.4) is 0 Å². The van der Waals surface area contributed by atoms with Crippen molar-refractivity contribution in [3.63, 3.8) is 0 Å². The highest BCUT2D eigenvalue weighted by molar-refractivity contribution is 5.97. The predicted octanol–water partition coefficient (Wildman–Crippen LogP) is 5.93. The van der Waals surface area contributed by atoms with Crippen molar-refractivity contribution in [3.8, 4) is 5.75 Å². The van der Waals surface area contributed by atoms with Crippen molar-refractivity contribution in [2.45, 2.75) is 65.3 Å². The Balaban J connectivity index is 1.73. The summed E-state index contributed by atoms with van der Waals surface area (Å²) in [6.45, 7) is 6.48. The minimum Gasteiger partial charge on any atom is -0.492 e. The SMILES string of the molecule is CCCCCCCCN(Cc1ccccc1C)C(=O)c1cccc2c1OCC2. The van der Waals surface area contributed by atoms with Crippen LogP contribution in [0.1, 0.15) is 72.5 Å². The monoisotopic (exact) mass is 379 g/mol. The summed E-state index contributed by atoms with van der Waals surface area (Å²) >= 11 is 0. The molecule has 0 spiro atoms. The van der Waals surface area contributed by atoms with E-state index >= 15 is 0 Å². The number of aryl methyl sites for hydroxylation is 1. The summed E-state index contributed by atoms with van der Waals surface area (Å²) in [5.74, 6) is 0.890. The van der Waals surface area contributed by atoms with Crippen LogP contribution in [-0.2, 0) is 13.0 Å². The standard InChI is InChI=1S/C25H33NO2/c1-3-4-5-6-7-10-17-26(19-22-13-9-8-12-20(22)2)25(27)23-15-11-14-21-16-18-28-24(21)23/h8-9,11-15H,3-7,10,16-19H2,1-2H3.